The van der Waals surface area contributed by atoms with Gasteiger partial charge in [0.15, 0.2) is 0 Å². The third kappa shape index (κ3) is 3.27. The maximum Gasteiger partial charge on any atom is 0.338 e. The summed E-state index contributed by atoms with van der Waals surface area (Å²) >= 11 is 0. The summed E-state index contributed by atoms with van der Waals surface area (Å²) in [5, 5.41) is 2.80. The number of esters is 1. The quantitative estimate of drug-likeness (QED) is 0.846. The number of hydrogen-bond acceptors (Lipinski definition) is 4. The minimum Gasteiger partial charge on any atom is -0.457 e. The van der Waals surface area contributed by atoms with E-state index >= 15 is 0 Å². The molecule has 1 aromatic carbocycles. The lowest BCUT2D eigenvalue weighted by molar-refractivity contribution is -0.147. The first-order valence-corrected chi connectivity index (χ1v) is 8.32. The number of hydrogen-bond donors (Lipinski definition) is 1. The minimum absolute atomic E-state index is 0.0773. The van der Waals surface area contributed by atoms with Gasteiger partial charge >= 0.3 is 5.97 Å². The highest BCUT2D eigenvalue weighted by molar-refractivity contribution is 5.97. The summed E-state index contributed by atoms with van der Waals surface area (Å²) in [5.74, 6) is -0.345. The molecule has 6 heteroatoms. The summed E-state index contributed by atoms with van der Waals surface area (Å²) < 4.78 is 5.49. The molecule has 0 bridgehead atoms. The molecule has 3 atom stereocenters. The van der Waals surface area contributed by atoms with Crippen LogP contribution >= 0.6 is 0 Å². The predicted molar refractivity (Wildman–Crippen MR) is 87.1 cm³/mol. The van der Waals surface area contributed by atoms with Gasteiger partial charge in [0.2, 0.25) is 11.8 Å². The molecule has 2 heterocycles. The van der Waals surface area contributed by atoms with Crippen LogP contribution in [0.25, 0.3) is 0 Å². The summed E-state index contributed by atoms with van der Waals surface area (Å²) in [5.41, 5.74) is 0.468. The zero-order valence-electron chi connectivity index (χ0n) is 13.9. The van der Waals surface area contributed by atoms with E-state index in [-0.39, 0.29) is 18.4 Å². The van der Waals surface area contributed by atoms with Gasteiger partial charge in [0.05, 0.1) is 12.1 Å². The van der Waals surface area contributed by atoms with E-state index in [4.69, 9.17) is 4.74 Å². The molecule has 2 aliphatic heterocycles. The third-order valence-electron chi connectivity index (χ3n) is 4.45. The van der Waals surface area contributed by atoms with Crippen molar-refractivity contribution in [3.8, 4) is 0 Å². The van der Waals surface area contributed by atoms with Gasteiger partial charge < -0.3 is 15.0 Å². The molecule has 6 nitrogen and oxygen atoms in total. The number of fused-ring (bicyclic) bond motifs is 1. The van der Waals surface area contributed by atoms with Gasteiger partial charge in [-0.05, 0) is 24.5 Å². The highest BCUT2D eigenvalue weighted by Crippen LogP contribution is 2.26. The van der Waals surface area contributed by atoms with Crippen molar-refractivity contribution >= 4 is 17.8 Å². The maximum absolute atomic E-state index is 12.6. The van der Waals surface area contributed by atoms with Crippen molar-refractivity contribution in [1.29, 1.82) is 0 Å². The standard InChI is InChI=1S/C18H22N2O4/c1-11(2)8-14-17(22)20-10-13(9-15(20)16(21)19-14)24-18(23)12-6-4-3-5-7-12/h3-7,11,13-15H,8-10H2,1-2H3,(H,19,21). The fourth-order valence-electron chi connectivity index (χ4n) is 3.33. The summed E-state index contributed by atoms with van der Waals surface area (Å²) in [4.78, 5) is 38.5. The topological polar surface area (TPSA) is 75.7 Å². The molecule has 0 saturated carbocycles. The Labute approximate surface area is 141 Å². The average Bonchev–Trinajstić information content (AvgIpc) is 2.97. The van der Waals surface area contributed by atoms with Gasteiger partial charge in [-0.3, -0.25) is 9.59 Å². The number of carbonyl (C=O) groups excluding carboxylic acids is 3. The number of carbonyl (C=O) groups is 3. The maximum atomic E-state index is 12.6. The van der Waals surface area contributed by atoms with Gasteiger partial charge in [-0.25, -0.2) is 4.79 Å². The first-order chi connectivity index (χ1) is 11.5. The number of benzene rings is 1. The molecule has 3 unspecified atom stereocenters. The van der Waals surface area contributed by atoms with E-state index in [1.165, 1.54) is 0 Å². The van der Waals surface area contributed by atoms with Crippen LogP contribution in [0.3, 0.4) is 0 Å². The number of nitrogens with one attached hydrogen (secondary N) is 1. The molecule has 1 N–H and O–H groups in total. The molecule has 0 spiro atoms. The van der Waals surface area contributed by atoms with Crippen molar-refractivity contribution in [2.45, 2.75) is 44.9 Å². The number of ether oxygens (including phenoxy) is 1. The van der Waals surface area contributed by atoms with Crippen LogP contribution in [0.4, 0.5) is 0 Å². The first kappa shape index (κ1) is 16.5. The van der Waals surface area contributed by atoms with Gasteiger partial charge in [-0.2, -0.15) is 0 Å². The van der Waals surface area contributed by atoms with Gasteiger partial charge in [0.1, 0.15) is 18.2 Å². The van der Waals surface area contributed by atoms with E-state index in [0.29, 0.717) is 24.3 Å². The van der Waals surface area contributed by atoms with E-state index in [0.717, 1.165) is 0 Å². The Bertz CT molecular complexity index is 644. The van der Waals surface area contributed by atoms with Gasteiger partial charge in [0, 0.05) is 6.42 Å². The molecular weight excluding hydrogens is 308 g/mol. The molecule has 2 fully saturated rings. The van der Waals surface area contributed by atoms with E-state index in [1.807, 2.05) is 19.9 Å². The zero-order valence-corrected chi connectivity index (χ0v) is 13.9. The largest absolute Gasteiger partial charge is 0.457 e. The normalized spacial score (nSPS) is 26.3. The average molecular weight is 330 g/mol. The summed E-state index contributed by atoms with van der Waals surface area (Å²) in [6.45, 7) is 4.31. The van der Waals surface area contributed by atoms with Crippen molar-refractivity contribution in [2.24, 2.45) is 5.92 Å². The van der Waals surface area contributed by atoms with Crippen molar-refractivity contribution in [1.82, 2.24) is 10.2 Å². The van der Waals surface area contributed by atoms with Crippen LogP contribution in [-0.2, 0) is 14.3 Å². The van der Waals surface area contributed by atoms with E-state index in [1.54, 1.807) is 29.2 Å². The Morgan fingerprint density at radius 3 is 2.67 bits per heavy atom. The fourth-order valence-corrected chi connectivity index (χ4v) is 3.33. The number of rotatable bonds is 4. The third-order valence-corrected chi connectivity index (χ3v) is 4.45. The molecule has 0 aromatic heterocycles. The Kier molecular flexibility index (Phi) is 4.55. The highest BCUT2D eigenvalue weighted by Gasteiger charge is 2.47. The lowest BCUT2D eigenvalue weighted by atomic mass is 9.99. The predicted octanol–water partition coefficient (Wildman–Crippen LogP) is 1.36. The Balaban J connectivity index is 1.66. The van der Waals surface area contributed by atoms with Crippen molar-refractivity contribution in [3.63, 3.8) is 0 Å². The summed E-state index contributed by atoms with van der Waals surface area (Å²) in [6.07, 6.45) is 0.516. The fraction of sp³-hybridized carbons (Fsp3) is 0.500. The molecule has 2 amide bonds. The van der Waals surface area contributed by atoms with Crippen LogP contribution < -0.4 is 5.32 Å². The molecular formula is C18H22N2O4. The van der Waals surface area contributed by atoms with Crippen molar-refractivity contribution in [2.75, 3.05) is 6.54 Å². The smallest absolute Gasteiger partial charge is 0.338 e. The molecule has 24 heavy (non-hydrogen) atoms. The van der Waals surface area contributed by atoms with Crippen LogP contribution in [-0.4, -0.2) is 47.4 Å². The van der Waals surface area contributed by atoms with Crippen LogP contribution in [0.15, 0.2) is 30.3 Å². The minimum atomic E-state index is -0.533. The van der Waals surface area contributed by atoms with Crippen LogP contribution in [0.2, 0.25) is 0 Å². The molecule has 1 aromatic rings. The second-order valence-corrected chi connectivity index (χ2v) is 6.83. The number of piperazine rings is 1. The number of nitrogens with zero attached hydrogens (tertiary/aromatic N) is 1. The second kappa shape index (κ2) is 6.63. The molecule has 128 valence electrons. The zero-order chi connectivity index (χ0) is 17.3. The van der Waals surface area contributed by atoms with E-state index < -0.39 is 24.2 Å². The SMILES string of the molecule is CC(C)CC1NC(=O)C2CC(OC(=O)c3ccccc3)CN2C1=O. The summed E-state index contributed by atoms with van der Waals surface area (Å²) in [7, 11) is 0. The van der Waals surface area contributed by atoms with Crippen LogP contribution in [0, 0.1) is 5.92 Å². The Hall–Kier alpha value is -2.37. The van der Waals surface area contributed by atoms with Crippen LogP contribution in [0.5, 0.6) is 0 Å². The lowest BCUT2D eigenvalue weighted by Gasteiger charge is -2.34. The van der Waals surface area contributed by atoms with Gasteiger partial charge in [-0.1, -0.05) is 32.0 Å². The molecule has 0 radical (unpaired) electrons. The van der Waals surface area contributed by atoms with Crippen LogP contribution in [0.1, 0.15) is 37.0 Å². The monoisotopic (exact) mass is 330 g/mol. The molecule has 0 aliphatic carbocycles. The highest BCUT2D eigenvalue weighted by atomic mass is 16.5. The molecule has 2 saturated heterocycles. The number of amides is 2. The Morgan fingerprint density at radius 1 is 1.29 bits per heavy atom. The Morgan fingerprint density at radius 2 is 2.00 bits per heavy atom. The van der Waals surface area contributed by atoms with Crippen molar-refractivity contribution in [3.05, 3.63) is 35.9 Å². The lowest BCUT2D eigenvalue weighted by Crippen LogP contribution is -2.61. The van der Waals surface area contributed by atoms with Gasteiger partial charge in [0.25, 0.3) is 0 Å². The second-order valence-electron chi connectivity index (χ2n) is 6.83. The molecule has 2 aliphatic rings. The molecule has 3 rings (SSSR count). The van der Waals surface area contributed by atoms with Crippen molar-refractivity contribution < 1.29 is 19.1 Å². The van der Waals surface area contributed by atoms with Gasteiger partial charge in [-0.15, -0.1) is 0 Å². The van der Waals surface area contributed by atoms with E-state index in [9.17, 15) is 14.4 Å². The van der Waals surface area contributed by atoms with E-state index in [2.05, 4.69) is 5.32 Å². The summed E-state index contributed by atoms with van der Waals surface area (Å²) in [6, 6.07) is 7.71. The first-order valence-electron chi connectivity index (χ1n) is 8.32.